The van der Waals surface area contributed by atoms with Gasteiger partial charge in [0.2, 0.25) is 11.8 Å². The lowest BCUT2D eigenvalue weighted by Gasteiger charge is -2.21. The zero-order valence-electron chi connectivity index (χ0n) is 10.2. The Morgan fingerprint density at radius 3 is 2.58 bits per heavy atom. The van der Waals surface area contributed by atoms with Crippen molar-refractivity contribution >= 4 is 17.8 Å². The molecular formula is C13H14N2O4. The molecule has 0 bridgehead atoms. The van der Waals surface area contributed by atoms with E-state index in [4.69, 9.17) is 5.11 Å². The standard InChI is InChI=1S/C13H14N2O4/c16-11-6-5-10(12(17)15-11)14-7-8-1-3-9(4-2-8)13(18)19/h1-4,10,14H,5-7H2,(H,18,19)(H,15,16,17). The molecule has 0 radical (unpaired) electrons. The smallest absolute Gasteiger partial charge is 0.335 e. The van der Waals surface area contributed by atoms with Crippen molar-refractivity contribution in [3.63, 3.8) is 0 Å². The first-order valence-electron chi connectivity index (χ1n) is 5.95. The molecule has 1 aromatic rings. The Morgan fingerprint density at radius 2 is 2.00 bits per heavy atom. The molecule has 0 aromatic heterocycles. The average Bonchev–Trinajstić information content (AvgIpc) is 2.38. The number of hydrogen-bond donors (Lipinski definition) is 3. The second kappa shape index (κ2) is 5.62. The molecule has 1 saturated heterocycles. The van der Waals surface area contributed by atoms with Crippen LogP contribution in [0.5, 0.6) is 0 Å². The van der Waals surface area contributed by atoms with Gasteiger partial charge in [0, 0.05) is 13.0 Å². The lowest BCUT2D eigenvalue weighted by Crippen LogP contribution is -2.50. The molecule has 100 valence electrons. The molecule has 1 aliphatic heterocycles. The van der Waals surface area contributed by atoms with E-state index in [1.54, 1.807) is 12.1 Å². The summed E-state index contributed by atoms with van der Waals surface area (Å²) in [6.45, 7) is 0.451. The number of carboxylic acids is 1. The zero-order valence-corrected chi connectivity index (χ0v) is 10.2. The van der Waals surface area contributed by atoms with Crippen LogP contribution in [-0.4, -0.2) is 28.9 Å². The van der Waals surface area contributed by atoms with Crippen LogP contribution in [-0.2, 0) is 16.1 Å². The van der Waals surface area contributed by atoms with E-state index in [0.717, 1.165) is 5.56 Å². The van der Waals surface area contributed by atoms with Crippen molar-refractivity contribution in [2.45, 2.75) is 25.4 Å². The Hall–Kier alpha value is -2.21. The zero-order chi connectivity index (χ0) is 13.8. The lowest BCUT2D eigenvalue weighted by atomic mass is 10.1. The Kier molecular flexibility index (Phi) is 3.91. The van der Waals surface area contributed by atoms with Crippen LogP contribution < -0.4 is 10.6 Å². The third-order valence-corrected chi connectivity index (χ3v) is 2.99. The van der Waals surface area contributed by atoms with Crippen LogP contribution >= 0.6 is 0 Å². The molecule has 19 heavy (non-hydrogen) atoms. The summed E-state index contributed by atoms with van der Waals surface area (Å²) in [5.41, 5.74) is 1.11. The van der Waals surface area contributed by atoms with Crippen LogP contribution in [0.3, 0.4) is 0 Å². The molecule has 6 heteroatoms. The summed E-state index contributed by atoms with van der Waals surface area (Å²) in [4.78, 5) is 33.2. The van der Waals surface area contributed by atoms with Gasteiger partial charge in [0.15, 0.2) is 0 Å². The van der Waals surface area contributed by atoms with Crippen molar-refractivity contribution < 1.29 is 19.5 Å². The largest absolute Gasteiger partial charge is 0.478 e. The second-order valence-electron chi connectivity index (χ2n) is 4.39. The maximum absolute atomic E-state index is 11.5. The summed E-state index contributed by atoms with van der Waals surface area (Å²) in [5.74, 6) is -1.52. The molecule has 0 spiro atoms. The van der Waals surface area contributed by atoms with Gasteiger partial charge in [0.1, 0.15) is 0 Å². The summed E-state index contributed by atoms with van der Waals surface area (Å²) in [7, 11) is 0. The molecule has 2 rings (SSSR count). The molecule has 1 unspecified atom stereocenters. The van der Waals surface area contributed by atoms with Gasteiger partial charge in [-0.3, -0.25) is 14.9 Å². The highest BCUT2D eigenvalue weighted by Crippen LogP contribution is 2.08. The predicted octanol–water partition coefficient (Wildman–Crippen LogP) is 0.280. The molecule has 1 aromatic carbocycles. The van der Waals surface area contributed by atoms with Gasteiger partial charge in [-0.15, -0.1) is 0 Å². The number of nitrogens with one attached hydrogen (secondary N) is 2. The highest BCUT2D eigenvalue weighted by atomic mass is 16.4. The van der Waals surface area contributed by atoms with E-state index < -0.39 is 5.97 Å². The molecule has 0 saturated carbocycles. The Balaban J connectivity index is 1.90. The highest BCUT2D eigenvalue weighted by molar-refractivity contribution is 6.00. The molecule has 1 atom stereocenters. The third kappa shape index (κ3) is 3.38. The molecule has 0 aliphatic carbocycles. The summed E-state index contributed by atoms with van der Waals surface area (Å²) in [5, 5.41) is 14.1. The molecular weight excluding hydrogens is 248 g/mol. The minimum atomic E-state index is -0.968. The topological polar surface area (TPSA) is 95.5 Å². The van der Waals surface area contributed by atoms with Crippen molar-refractivity contribution in [3.8, 4) is 0 Å². The summed E-state index contributed by atoms with van der Waals surface area (Å²) in [6, 6.07) is 6.05. The number of amides is 2. The normalized spacial score (nSPS) is 19.1. The number of imide groups is 1. The quantitative estimate of drug-likeness (QED) is 0.677. The lowest BCUT2D eigenvalue weighted by molar-refractivity contribution is -0.134. The van der Waals surface area contributed by atoms with Gasteiger partial charge in [-0.05, 0) is 24.1 Å². The first kappa shape index (κ1) is 13.2. The Morgan fingerprint density at radius 1 is 1.32 bits per heavy atom. The minimum absolute atomic E-state index is 0.227. The number of aromatic carboxylic acids is 1. The van der Waals surface area contributed by atoms with E-state index in [1.165, 1.54) is 12.1 Å². The predicted molar refractivity (Wildman–Crippen MR) is 66.4 cm³/mol. The fourth-order valence-corrected chi connectivity index (χ4v) is 1.89. The first-order valence-corrected chi connectivity index (χ1v) is 5.95. The van der Waals surface area contributed by atoms with Gasteiger partial charge in [-0.2, -0.15) is 0 Å². The van der Waals surface area contributed by atoms with E-state index in [1.807, 2.05) is 0 Å². The van der Waals surface area contributed by atoms with Gasteiger partial charge in [0.25, 0.3) is 0 Å². The second-order valence-corrected chi connectivity index (χ2v) is 4.39. The summed E-state index contributed by atoms with van der Waals surface area (Å²) >= 11 is 0. The van der Waals surface area contributed by atoms with E-state index in [-0.39, 0.29) is 23.4 Å². The number of carbonyl (C=O) groups is 3. The van der Waals surface area contributed by atoms with Crippen molar-refractivity contribution in [3.05, 3.63) is 35.4 Å². The fourth-order valence-electron chi connectivity index (χ4n) is 1.89. The summed E-state index contributed by atoms with van der Waals surface area (Å²) < 4.78 is 0. The van der Waals surface area contributed by atoms with Crippen LogP contribution in [0, 0.1) is 0 Å². The third-order valence-electron chi connectivity index (χ3n) is 2.99. The maximum Gasteiger partial charge on any atom is 0.335 e. The van der Waals surface area contributed by atoms with Crippen LogP contribution in [0.1, 0.15) is 28.8 Å². The number of benzene rings is 1. The van der Waals surface area contributed by atoms with Gasteiger partial charge in [-0.1, -0.05) is 12.1 Å². The SMILES string of the molecule is O=C1CCC(NCc2ccc(C(=O)O)cc2)C(=O)N1. The van der Waals surface area contributed by atoms with E-state index in [2.05, 4.69) is 10.6 Å². The first-order chi connectivity index (χ1) is 9.06. The van der Waals surface area contributed by atoms with Crippen molar-refractivity contribution in [1.82, 2.24) is 10.6 Å². The molecule has 1 fully saturated rings. The number of carboxylic acid groups (broad SMARTS) is 1. The van der Waals surface area contributed by atoms with Crippen LogP contribution in [0.15, 0.2) is 24.3 Å². The fraction of sp³-hybridized carbons (Fsp3) is 0.308. The number of carbonyl (C=O) groups excluding carboxylic acids is 2. The van der Waals surface area contributed by atoms with Crippen molar-refractivity contribution in [1.29, 1.82) is 0 Å². The monoisotopic (exact) mass is 262 g/mol. The Bertz CT molecular complexity index is 510. The van der Waals surface area contributed by atoms with E-state index in [0.29, 0.717) is 19.4 Å². The van der Waals surface area contributed by atoms with Crippen LogP contribution in [0.2, 0.25) is 0 Å². The Labute approximate surface area is 109 Å². The molecule has 6 nitrogen and oxygen atoms in total. The maximum atomic E-state index is 11.5. The van der Waals surface area contributed by atoms with Crippen LogP contribution in [0.4, 0.5) is 0 Å². The van der Waals surface area contributed by atoms with Gasteiger partial charge < -0.3 is 10.4 Å². The number of hydrogen-bond acceptors (Lipinski definition) is 4. The van der Waals surface area contributed by atoms with E-state index in [9.17, 15) is 14.4 Å². The van der Waals surface area contributed by atoms with Gasteiger partial charge in [-0.25, -0.2) is 4.79 Å². The van der Waals surface area contributed by atoms with Crippen molar-refractivity contribution in [2.24, 2.45) is 0 Å². The van der Waals surface area contributed by atoms with Crippen LogP contribution in [0.25, 0.3) is 0 Å². The van der Waals surface area contributed by atoms with Gasteiger partial charge in [0.05, 0.1) is 11.6 Å². The minimum Gasteiger partial charge on any atom is -0.478 e. The molecule has 1 aliphatic rings. The number of rotatable bonds is 4. The van der Waals surface area contributed by atoms with Crippen molar-refractivity contribution in [2.75, 3.05) is 0 Å². The van der Waals surface area contributed by atoms with Gasteiger partial charge >= 0.3 is 5.97 Å². The molecule has 3 N–H and O–H groups in total. The number of piperidine rings is 1. The average molecular weight is 262 g/mol. The molecule has 1 heterocycles. The highest BCUT2D eigenvalue weighted by Gasteiger charge is 2.25. The summed E-state index contributed by atoms with van der Waals surface area (Å²) in [6.07, 6.45) is 0.819. The molecule has 2 amide bonds. The van der Waals surface area contributed by atoms with E-state index >= 15 is 0 Å².